The topological polar surface area (TPSA) is 59.9 Å². The zero-order valence-electron chi connectivity index (χ0n) is 5.57. The lowest BCUT2D eigenvalue weighted by Crippen LogP contribution is -1.93. The second kappa shape index (κ2) is 1.95. The molecule has 0 bridgehead atoms. The van der Waals surface area contributed by atoms with Gasteiger partial charge in [0, 0.05) is 0 Å². The first-order valence-electron chi connectivity index (χ1n) is 3.16. The molecule has 0 amide bonds. The number of nitrogens with zero attached hydrogens (tertiary/aromatic N) is 2. The zero-order chi connectivity index (χ0) is 7.84. The fraction of sp³-hybridized carbons (Fsp3) is 0.143. The molecule has 0 aromatic carbocycles. The van der Waals surface area contributed by atoms with Crippen LogP contribution in [0.5, 0.6) is 0 Å². The highest BCUT2D eigenvalue weighted by Gasteiger charge is 2.27. The van der Waals surface area contributed by atoms with E-state index < -0.39 is 0 Å². The molecule has 1 aliphatic carbocycles. The molecule has 0 fully saturated rings. The number of fused-ring (bicyclic) bond motifs is 1. The van der Waals surface area contributed by atoms with Crippen LogP contribution in [0.15, 0.2) is 12.4 Å². The van der Waals surface area contributed by atoms with Gasteiger partial charge in [0.15, 0.2) is 11.6 Å². The van der Waals surface area contributed by atoms with Gasteiger partial charge in [-0.2, -0.15) is 10.2 Å². The van der Waals surface area contributed by atoms with Crippen molar-refractivity contribution in [1.82, 2.24) is 10.2 Å². The van der Waals surface area contributed by atoms with Crippen molar-refractivity contribution in [2.24, 2.45) is 0 Å². The van der Waals surface area contributed by atoms with Crippen molar-refractivity contribution in [2.45, 2.75) is 6.42 Å². The average Bonchev–Trinajstić information content (AvgIpc) is 2.30. The third kappa shape index (κ3) is 0.756. The van der Waals surface area contributed by atoms with Gasteiger partial charge in [0.25, 0.3) is 0 Å². The van der Waals surface area contributed by atoms with Crippen molar-refractivity contribution in [1.29, 1.82) is 0 Å². The Kier molecular flexibility index (Phi) is 1.09. The van der Waals surface area contributed by atoms with Crippen molar-refractivity contribution in [3.8, 4) is 0 Å². The number of hydrogen-bond donors (Lipinski definition) is 0. The number of ketones is 2. The number of aromatic nitrogens is 2. The van der Waals surface area contributed by atoms with E-state index in [2.05, 4.69) is 10.2 Å². The molecule has 0 unspecified atom stereocenters. The molecule has 2 rings (SSSR count). The number of rotatable bonds is 0. The normalized spacial score (nSPS) is 15.3. The molecule has 0 saturated heterocycles. The molecule has 0 spiro atoms. The molecule has 1 aromatic heterocycles. The van der Waals surface area contributed by atoms with Crippen LogP contribution in [0.4, 0.5) is 0 Å². The Hall–Kier alpha value is -1.58. The molecule has 0 N–H and O–H groups in total. The Labute approximate surface area is 62.3 Å². The van der Waals surface area contributed by atoms with Gasteiger partial charge in [-0.3, -0.25) is 9.59 Å². The predicted molar refractivity (Wildman–Crippen MR) is 35.3 cm³/mol. The molecule has 54 valence electrons. The third-order valence-corrected chi connectivity index (χ3v) is 1.65. The summed E-state index contributed by atoms with van der Waals surface area (Å²) < 4.78 is 0. The Morgan fingerprint density at radius 2 is 1.45 bits per heavy atom. The van der Waals surface area contributed by atoms with E-state index in [1.54, 1.807) is 0 Å². The molecule has 0 saturated carbocycles. The lowest BCUT2D eigenvalue weighted by molar-refractivity contribution is 0.0923. The quantitative estimate of drug-likeness (QED) is 0.494. The number of Topliss-reactive ketones (excluding diaryl/α,β-unsaturated/α-hetero) is 2. The maximum absolute atomic E-state index is 11.0. The summed E-state index contributed by atoms with van der Waals surface area (Å²) in [6.45, 7) is 0. The summed E-state index contributed by atoms with van der Waals surface area (Å²) in [6.07, 6.45) is 2.65. The predicted octanol–water partition coefficient (Wildman–Crippen LogP) is 0.246. The van der Waals surface area contributed by atoms with Crippen LogP contribution in [0.3, 0.4) is 0 Å². The number of carbonyl (C=O) groups is 2. The third-order valence-electron chi connectivity index (χ3n) is 1.65. The van der Waals surface area contributed by atoms with Crippen LogP contribution in [0.1, 0.15) is 27.1 Å². The monoisotopic (exact) mass is 148 g/mol. The van der Waals surface area contributed by atoms with Gasteiger partial charge >= 0.3 is 0 Å². The Morgan fingerprint density at radius 1 is 1.00 bits per heavy atom. The van der Waals surface area contributed by atoms with Gasteiger partial charge in [0.05, 0.1) is 29.9 Å². The first-order chi connectivity index (χ1) is 5.29. The average molecular weight is 148 g/mol. The van der Waals surface area contributed by atoms with Crippen LogP contribution in [-0.2, 0) is 0 Å². The highest BCUT2D eigenvalue weighted by atomic mass is 16.2. The van der Waals surface area contributed by atoms with Gasteiger partial charge in [-0.25, -0.2) is 0 Å². The van der Waals surface area contributed by atoms with Crippen molar-refractivity contribution < 1.29 is 9.59 Å². The van der Waals surface area contributed by atoms with E-state index in [4.69, 9.17) is 0 Å². The highest BCUT2D eigenvalue weighted by molar-refractivity contribution is 6.23. The van der Waals surface area contributed by atoms with E-state index in [1.807, 2.05) is 0 Å². The summed E-state index contributed by atoms with van der Waals surface area (Å²) in [4.78, 5) is 22.0. The molecule has 1 aliphatic rings. The van der Waals surface area contributed by atoms with E-state index in [0.717, 1.165) is 0 Å². The molecule has 0 atom stereocenters. The summed E-state index contributed by atoms with van der Waals surface area (Å²) in [5.41, 5.74) is 0.815. The van der Waals surface area contributed by atoms with Gasteiger partial charge < -0.3 is 0 Å². The second-order valence-electron chi connectivity index (χ2n) is 2.34. The number of hydrogen-bond acceptors (Lipinski definition) is 4. The maximum atomic E-state index is 11.0. The van der Waals surface area contributed by atoms with E-state index in [0.29, 0.717) is 11.1 Å². The van der Waals surface area contributed by atoms with Crippen LogP contribution in [0.25, 0.3) is 0 Å². The van der Waals surface area contributed by atoms with Crippen molar-refractivity contribution in [3.63, 3.8) is 0 Å². The lowest BCUT2D eigenvalue weighted by Gasteiger charge is -1.89. The molecule has 0 radical (unpaired) electrons. The summed E-state index contributed by atoms with van der Waals surface area (Å²) in [6, 6.07) is 0. The van der Waals surface area contributed by atoms with Gasteiger partial charge in [-0.15, -0.1) is 0 Å². The maximum Gasteiger partial charge on any atom is 0.173 e. The Morgan fingerprint density at radius 3 is 1.91 bits per heavy atom. The van der Waals surface area contributed by atoms with E-state index in [-0.39, 0.29) is 18.0 Å². The molecule has 1 heterocycles. The fourth-order valence-corrected chi connectivity index (χ4v) is 1.10. The van der Waals surface area contributed by atoms with Crippen molar-refractivity contribution in [2.75, 3.05) is 0 Å². The van der Waals surface area contributed by atoms with Crippen LogP contribution in [0, 0.1) is 0 Å². The minimum absolute atomic E-state index is 0.0251. The molecular formula is C7H4N2O2. The first-order valence-corrected chi connectivity index (χ1v) is 3.16. The minimum atomic E-state index is -0.153. The first kappa shape index (κ1) is 6.15. The summed E-state index contributed by atoms with van der Waals surface area (Å²) in [5, 5.41) is 7.04. The van der Waals surface area contributed by atoms with Crippen LogP contribution >= 0.6 is 0 Å². The number of carbonyl (C=O) groups excluding carboxylic acids is 2. The smallest absolute Gasteiger partial charge is 0.173 e. The van der Waals surface area contributed by atoms with Crippen molar-refractivity contribution >= 4 is 11.6 Å². The standard InChI is InChI=1S/C7H4N2O2/c10-6-1-7(11)5-3-9-8-2-4(5)6/h2-3H,1H2. The van der Waals surface area contributed by atoms with E-state index in [1.165, 1.54) is 12.4 Å². The highest BCUT2D eigenvalue weighted by Crippen LogP contribution is 2.18. The lowest BCUT2D eigenvalue weighted by atomic mass is 10.2. The molecular weight excluding hydrogens is 144 g/mol. The largest absolute Gasteiger partial charge is 0.294 e. The van der Waals surface area contributed by atoms with Gasteiger partial charge in [0.1, 0.15) is 0 Å². The molecule has 4 heteroatoms. The Bertz CT molecular complexity index is 313. The fourth-order valence-electron chi connectivity index (χ4n) is 1.10. The van der Waals surface area contributed by atoms with Crippen molar-refractivity contribution in [3.05, 3.63) is 23.5 Å². The SMILES string of the molecule is O=C1CC(=O)c2cnncc21. The minimum Gasteiger partial charge on any atom is -0.294 e. The second-order valence-corrected chi connectivity index (χ2v) is 2.34. The molecule has 0 aliphatic heterocycles. The summed E-state index contributed by atoms with van der Waals surface area (Å²) >= 11 is 0. The van der Waals surface area contributed by atoms with Gasteiger partial charge in [0.2, 0.25) is 0 Å². The van der Waals surface area contributed by atoms with E-state index >= 15 is 0 Å². The molecule has 11 heavy (non-hydrogen) atoms. The van der Waals surface area contributed by atoms with E-state index in [9.17, 15) is 9.59 Å². The summed E-state index contributed by atoms with van der Waals surface area (Å²) in [7, 11) is 0. The van der Waals surface area contributed by atoms with Gasteiger partial charge in [-0.1, -0.05) is 0 Å². The molecule has 4 nitrogen and oxygen atoms in total. The van der Waals surface area contributed by atoms with Crippen LogP contribution in [0.2, 0.25) is 0 Å². The zero-order valence-corrected chi connectivity index (χ0v) is 5.57. The Balaban J connectivity index is 2.69. The van der Waals surface area contributed by atoms with Gasteiger partial charge in [-0.05, 0) is 0 Å². The molecule has 1 aromatic rings. The van der Waals surface area contributed by atoms with Crippen LogP contribution < -0.4 is 0 Å². The summed E-state index contributed by atoms with van der Waals surface area (Å²) in [5.74, 6) is -0.306. The van der Waals surface area contributed by atoms with Crippen LogP contribution in [-0.4, -0.2) is 21.8 Å².